The molecule has 8 nitrogen and oxygen atoms in total. The molecule has 1 amide bonds. The summed E-state index contributed by atoms with van der Waals surface area (Å²) in [5, 5.41) is 14.0. The number of amides is 1. The van der Waals surface area contributed by atoms with E-state index in [4.69, 9.17) is 26.0 Å². The summed E-state index contributed by atoms with van der Waals surface area (Å²) in [6, 6.07) is 8.29. The van der Waals surface area contributed by atoms with Crippen LogP contribution in [0.5, 0.6) is 0 Å². The van der Waals surface area contributed by atoms with Gasteiger partial charge in [0.05, 0.1) is 17.5 Å². The smallest absolute Gasteiger partial charge is 0.419 e. The number of anilines is 1. The lowest BCUT2D eigenvalue weighted by atomic mass is 10.3. The first-order valence-electron chi connectivity index (χ1n) is 8.16. The monoisotopic (exact) mass is 419 g/mol. The molecular formula is C18H14ClN3O5S. The van der Waals surface area contributed by atoms with E-state index in [0.29, 0.717) is 26.7 Å². The summed E-state index contributed by atoms with van der Waals surface area (Å²) >= 11 is 7.06. The van der Waals surface area contributed by atoms with Crippen molar-refractivity contribution >= 4 is 50.9 Å². The zero-order valence-electron chi connectivity index (χ0n) is 14.6. The number of hydrogen-bond acceptors (Lipinski definition) is 7. The fraction of sp³-hybridized carbons (Fsp3) is 0.222. The number of rotatable bonds is 6. The lowest BCUT2D eigenvalue weighted by molar-refractivity contribution is -0.153. The van der Waals surface area contributed by atoms with Crippen LogP contribution >= 0.6 is 22.9 Å². The number of nitriles is 1. The molecule has 1 atom stereocenters. The second kappa shape index (κ2) is 8.29. The molecule has 0 saturated carbocycles. The molecule has 0 bridgehead atoms. The van der Waals surface area contributed by atoms with Crippen LogP contribution in [-0.2, 0) is 20.9 Å². The minimum atomic E-state index is -1.06. The predicted molar refractivity (Wildman–Crippen MR) is 103 cm³/mol. The average molecular weight is 420 g/mol. The molecule has 0 fully saturated rings. The molecule has 0 aliphatic rings. The number of nitrogens with zero attached hydrogens (tertiary/aromatic N) is 2. The highest BCUT2D eigenvalue weighted by molar-refractivity contribution is 7.14. The van der Waals surface area contributed by atoms with Gasteiger partial charge in [-0.3, -0.25) is 14.2 Å². The van der Waals surface area contributed by atoms with E-state index in [0.717, 1.165) is 0 Å². The largest absolute Gasteiger partial charge is 0.452 e. The third-order valence-corrected chi connectivity index (χ3v) is 4.93. The number of carbonyl (C=O) groups is 2. The molecular weight excluding hydrogens is 406 g/mol. The topological polar surface area (TPSA) is 114 Å². The maximum atomic E-state index is 12.1. The number of fused-ring (bicyclic) bond motifs is 1. The van der Waals surface area contributed by atoms with Crippen LogP contribution in [0.4, 0.5) is 5.00 Å². The molecule has 0 aliphatic carbocycles. The van der Waals surface area contributed by atoms with E-state index in [1.54, 1.807) is 23.6 Å². The van der Waals surface area contributed by atoms with Crippen molar-refractivity contribution in [3.8, 4) is 6.07 Å². The van der Waals surface area contributed by atoms with Crippen LogP contribution in [-0.4, -0.2) is 22.5 Å². The minimum Gasteiger partial charge on any atom is -0.452 e. The Morgan fingerprint density at radius 3 is 2.96 bits per heavy atom. The van der Waals surface area contributed by atoms with Gasteiger partial charge in [-0.25, -0.2) is 4.79 Å². The Hall–Kier alpha value is -3.09. The third-order valence-electron chi connectivity index (χ3n) is 3.87. The summed E-state index contributed by atoms with van der Waals surface area (Å²) in [5.41, 5.74) is 1.17. The predicted octanol–water partition coefficient (Wildman–Crippen LogP) is 3.14. The highest BCUT2D eigenvalue weighted by Crippen LogP contribution is 2.22. The lowest BCUT2D eigenvalue weighted by Crippen LogP contribution is -2.30. The number of hydrogen-bond donors (Lipinski definition) is 1. The van der Waals surface area contributed by atoms with Gasteiger partial charge in [0.2, 0.25) is 0 Å². The van der Waals surface area contributed by atoms with Gasteiger partial charge < -0.3 is 14.5 Å². The zero-order valence-corrected chi connectivity index (χ0v) is 16.2. The summed E-state index contributed by atoms with van der Waals surface area (Å²) < 4.78 is 11.5. The van der Waals surface area contributed by atoms with Crippen LogP contribution in [0.1, 0.15) is 18.9 Å². The van der Waals surface area contributed by atoms with Crippen molar-refractivity contribution in [3.05, 3.63) is 50.8 Å². The van der Waals surface area contributed by atoms with Gasteiger partial charge in [-0.05, 0) is 30.5 Å². The number of carbonyl (C=O) groups excluding carboxylic acids is 2. The van der Waals surface area contributed by atoms with E-state index >= 15 is 0 Å². The molecule has 3 rings (SSSR count). The Kier molecular flexibility index (Phi) is 5.82. The van der Waals surface area contributed by atoms with Crippen LogP contribution in [0.25, 0.3) is 11.1 Å². The van der Waals surface area contributed by atoms with Crippen LogP contribution in [0.3, 0.4) is 0 Å². The lowest BCUT2D eigenvalue weighted by Gasteiger charge is -2.13. The van der Waals surface area contributed by atoms with Gasteiger partial charge in [-0.1, -0.05) is 11.6 Å². The first-order chi connectivity index (χ1) is 13.4. The van der Waals surface area contributed by atoms with Crippen molar-refractivity contribution in [2.75, 3.05) is 5.32 Å². The van der Waals surface area contributed by atoms with E-state index in [-0.39, 0.29) is 13.0 Å². The molecule has 2 heterocycles. The highest BCUT2D eigenvalue weighted by atomic mass is 35.5. The number of aromatic nitrogens is 1. The summed E-state index contributed by atoms with van der Waals surface area (Å²) in [7, 11) is 0. The van der Waals surface area contributed by atoms with E-state index < -0.39 is 23.7 Å². The molecule has 1 unspecified atom stereocenters. The molecule has 28 heavy (non-hydrogen) atoms. The third kappa shape index (κ3) is 4.24. The summed E-state index contributed by atoms with van der Waals surface area (Å²) in [4.78, 5) is 36.1. The highest BCUT2D eigenvalue weighted by Gasteiger charge is 2.20. The molecule has 10 heteroatoms. The van der Waals surface area contributed by atoms with Gasteiger partial charge in [0.25, 0.3) is 5.91 Å². The molecule has 3 aromatic rings. The molecule has 0 radical (unpaired) electrons. The molecule has 1 aromatic carbocycles. The van der Waals surface area contributed by atoms with Crippen molar-refractivity contribution in [1.82, 2.24) is 4.57 Å². The van der Waals surface area contributed by atoms with Crippen molar-refractivity contribution in [1.29, 1.82) is 5.26 Å². The van der Waals surface area contributed by atoms with Crippen molar-refractivity contribution in [2.24, 2.45) is 0 Å². The molecule has 2 aromatic heterocycles. The van der Waals surface area contributed by atoms with Crippen LogP contribution < -0.4 is 11.1 Å². The SMILES string of the molecule is CC(OC(=O)CCn1c(=O)oc2cc(Cl)ccc21)C(=O)Nc1sccc1C#N. The summed E-state index contributed by atoms with van der Waals surface area (Å²) in [6.07, 6.45) is -1.19. The van der Waals surface area contributed by atoms with Gasteiger partial charge >= 0.3 is 11.7 Å². The Labute approximate surface area is 167 Å². The van der Waals surface area contributed by atoms with E-state index in [1.165, 1.54) is 28.9 Å². The second-order valence-electron chi connectivity index (χ2n) is 5.78. The maximum Gasteiger partial charge on any atom is 0.419 e. The maximum absolute atomic E-state index is 12.1. The minimum absolute atomic E-state index is 0.0319. The van der Waals surface area contributed by atoms with Crippen LogP contribution in [0, 0.1) is 11.3 Å². The number of halogens is 1. The number of aryl methyl sites for hydroxylation is 1. The molecule has 1 N–H and O–H groups in total. The van der Waals surface area contributed by atoms with E-state index in [2.05, 4.69) is 5.32 Å². The Morgan fingerprint density at radius 2 is 2.21 bits per heavy atom. The fourth-order valence-electron chi connectivity index (χ4n) is 2.47. The Morgan fingerprint density at radius 1 is 1.43 bits per heavy atom. The number of oxazole rings is 1. The van der Waals surface area contributed by atoms with Gasteiger partial charge in [-0.15, -0.1) is 11.3 Å². The summed E-state index contributed by atoms with van der Waals surface area (Å²) in [5.74, 6) is -1.81. The van der Waals surface area contributed by atoms with Crippen molar-refractivity contribution in [3.63, 3.8) is 0 Å². The van der Waals surface area contributed by atoms with E-state index in [9.17, 15) is 14.4 Å². The zero-order chi connectivity index (χ0) is 20.3. The average Bonchev–Trinajstić information content (AvgIpc) is 3.22. The van der Waals surface area contributed by atoms with Gasteiger partial charge in [-0.2, -0.15) is 5.26 Å². The van der Waals surface area contributed by atoms with Crippen LogP contribution in [0.2, 0.25) is 5.02 Å². The molecule has 0 saturated heterocycles. The number of ether oxygens (including phenoxy) is 1. The van der Waals surface area contributed by atoms with Crippen molar-refractivity contribution in [2.45, 2.75) is 26.0 Å². The van der Waals surface area contributed by atoms with Crippen molar-refractivity contribution < 1.29 is 18.7 Å². The number of nitrogens with one attached hydrogen (secondary N) is 1. The first kappa shape index (κ1) is 19.7. The molecule has 0 aliphatic heterocycles. The first-order valence-corrected chi connectivity index (χ1v) is 9.41. The van der Waals surface area contributed by atoms with Gasteiger partial charge in [0, 0.05) is 17.6 Å². The number of esters is 1. The number of thiophene rings is 1. The number of benzene rings is 1. The standard InChI is InChI=1S/C18H14ClN3O5S/c1-10(16(24)21-17-11(9-20)5-7-28-17)26-15(23)4-6-22-13-3-2-12(19)8-14(13)27-18(22)25/h2-3,5,7-8,10H,4,6H2,1H3,(H,21,24). The van der Waals surface area contributed by atoms with E-state index in [1.807, 2.05) is 6.07 Å². The molecule has 0 spiro atoms. The quantitative estimate of drug-likeness (QED) is 0.614. The Bertz CT molecular complexity index is 1140. The normalized spacial score (nSPS) is 11.8. The Balaban J connectivity index is 1.58. The van der Waals surface area contributed by atoms with Crippen LogP contribution in [0.15, 0.2) is 38.9 Å². The molecule has 144 valence electrons. The second-order valence-corrected chi connectivity index (χ2v) is 7.13. The van der Waals surface area contributed by atoms with Gasteiger partial charge in [0.1, 0.15) is 11.1 Å². The fourth-order valence-corrected chi connectivity index (χ4v) is 3.37. The van der Waals surface area contributed by atoms with Gasteiger partial charge in [0.15, 0.2) is 11.7 Å². The summed E-state index contributed by atoms with van der Waals surface area (Å²) in [6.45, 7) is 1.46.